The first kappa shape index (κ1) is 17.4. The Morgan fingerprint density at radius 3 is 2.84 bits per heavy atom. The summed E-state index contributed by atoms with van der Waals surface area (Å²) in [4.78, 5) is 17.8. The van der Waals surface area contributed by atoms with E-state index in [0.29, 0.717) is 0 Å². The van der Waals surface area contributed by atoms with E-state index in [1.165, 1.54) is 0 Å². The summed E-state index contributed by atoms with van der Waals surface area (Å²) in [7, 11) is 4.15. The summed E-state index contributed by atoms with van der Waals surface area (Å²) in [6.07, 6.45) is 7.35. The number of nitrogens with one attached hydrogen (secondary N) is 1. The van der Waals surface area contributed by atoms with Crippen LogP contribution in [0.1, 0.15) is 18.4 Å². The third-order valence-electron chi connectivity index (χ3n) is 4.56. The van der Waals surface area contributed by atoms with E-state index in [-0.39, 0.29) is 22.6 Å². The smallest absolute Gasteiger partial charge is 0.267 e. The van der Waals surface area contributed by atoms with Gasteiger partial charge >= 0.3 is 0 Å². The molecule has 0 fully saturated rings. The zero-order valence-corrected chi connectivity index (χ0v) is 14.7. The van der Waals surface area contributed by atoms with Crippen LogP contribution in [-0.4, -0.2) is 48.8 Å². The lowest BCUT2D eigenvalue weighted by atomic mass is 9.82. The average molecular weight is 340 g/mol. The summed E-state index contributed by atoms with van der Waals surface area (Å²) in [5.74, 6) is 0.0347. The molecule has 1 aliphatic heterocycles. The number of unbranched alkanes of at least 4 members (excludes halogenated alkanes) is 1. The lowest BCUT2D eigenvalue weighted by Crippen LogP contribution is -2.39. The molecule has 2 unspecified atom stereocenters. The molecule has 1 aliphatic carbocycles. The molecule has 6 nitrogen and oxygen atoms in total. The Kier molecular flexibility index (Phi) is 5.28. The Hall–Kier alpha value is -2.47. The van der Waals surface area contributed by atoms with Gasteiger partial charge in [-0.2, -0.15) is 0 Å². The Labute approximate surface area is 148 Å². The van der Waals surface area contributed by atoms with Crippen LogP contribution >= 0.6 is 0 Å². The van der Waals surface area contributed by atoms with E-state index in [0.717, 1.165) is 42.9 Å². The van der Waals surface area contributed by atoms with Gasteiger partial charge in [0.25, 0.3) is 5.70 Å². The molecule has 0 bridgehead atoms. The minimum absolute atomic E-state index is 0.0347. The normalized spacial score (nSPS) is 23.0. The van der Waals surface area contributed by atoms with Gasteiger partial charge in [-0.25, -0.2) is 0 Å². The number of nitro groups is 1. The number of para-hydroxylation sites is 1. The van der Waals surface area contributed by atoms with Gasteiger partial charge in [-0.1, -0.05) is 24.3 Å². The molecular weight excluding hydrogens is 316 g/mol. The number of hydrogen-bond acceptors (Lipinski definition) is 5. The number of allylic oxidation sites excluding steroid dienone is 1. The Morgan fingerprint density at radius 1 is 1.28 bits per heavy atom. The van der Waals surface area contributed by atoms with Crippen LogP contribution in [0.5, 0.6) is 0 Å². The zero-order valence-electron chi connectivity index (χ0n) is 14.7. The molecule has 1 aromatic carbocycles. The highest BCUT2D eigenvalue weighted by molar-refractivity contribution is 6.10. The van der Waals surface area contributed by atoms with Gasteiger partial charge in [0.2, 0.25) is 0 Å². The second-order valence-electron chi connectivity index (χ2n) is 6.73. The van der Waals surface area contributed by atoms with Crippen molar-refractivity contribution < 1.29 is 4.92 Å². The van der Waals surface area contributed by atoms with Crippen molar-refractivity contribution in [2.75, 3.05) is 32.5 Å². The van der Waals surface area contributed by atoms with Crippen molar-refractivity contribution in [3.05, 3.63) is 63.9 Å². The zero-order chi connectivity index (χ0) is 17.8. The highest BCUT2D eigenvalue weighted by Gasteiger charge is 2.34. The van der Waals surface area contributed by atoms with E-state index < -0.39 is 0 Å². The predicted molar refractivity (Wildman–Crippen MR) is 101 cm³/mol. The highest BCUT2D eigenvalue weighted by atomic mass is 16.6. The topological polar surface area (TPSA) is 70.8 Å². The van der Waals surface area contributed by atoms with Gasteiger partial charge in [0.05, 0.1) is 16.7 Å². The third-order valence-corrected chi connectivity index (χ3v) is 4.56. The molecule has 25 heavy (non-hydrogen) atoms. The van der Waals surface area contributed by atoms with Crippen LogP contribution in [0.2, 0.25) is 0 Å². The van der Waals surface area contributed by atoms with E-state index in [9.17, 15) is 10.1 Å². The van der Waals surface area contributed by atoms with Gasteiger partial charge in [0.1, 0.15) is 0 Å². The number of anilines is 1. The molecule has 0 aromatic heterocycles. The molecule has 132 valence electrons. The molecule has 0 radical (unpaired) electrons. The number of aliphatic imine (C=N–C) groups is 1. The number of hydrogen-bond donors (Lipinski definition) is 1. The van der Waals surface area contributed by atoms with Crippen LogP contribution in [0.4, 0.5) is 5.69 Å². The maximum atomic E-state index is 11.1. The van der Waals surface area contributed by atoms with Gasteiger partial charge < -0.3 is 10.2 Å². The van der Waals surface area contributed by atoms with E-state index in [1.807, 2.05) is 24.3 Å². The van der Waals surface area contributed by atoms with Crippen LogP contribution in [0.3, 0.4) is 0 Å². The summed E-state index contributed by atoms with van der Waals surface area (Å²) in [5.41, 5.74) is 3.25. The molecule has 6 heteroatoms. The summed E-state index contributed by atoms with van der Waals surface area (Å²) < 4.78 is 0. The Balaban J connectivity index is 1.83. The molecule has 0 saturated heterocycles. The van der Waals surface area contributed by atoms with Crippen molar-refractivity contribution in [3.63, 3.8) is 0 Å². The maximum Gasteiger partial charge on any atom is 0.267 e. The summed E-state index contributed by atoms with van der Waals surface area (Å²) in [5, 5.41) is 14.5. The lowest BCUT2D eigenvalue weighted by molar-refractivity contribution is -0.419. The molecule has 1 aromatic rings. The van der Waals surface area contributed by atoms with Crippen LogP contribution in [0.15, 0.2) is 53.2 Å². The first-order valence-electron chi connectivity index (χ1n) is 8.65. The Bertz CT molecular complexity index is 737. The van der Waals surface area contributed by atoms with Crippen molar-refractivity contribution in [1.82, 2.24) is 4.90 Å². The lowest BCUT2D eigenvalue weighted by Gasteiger charge is -2.34. The van der Waals surface area contributed by atoms with Gasteiger partial charge in [0.15, 0.2) is 0 Å². The van der Waals surface area contributed by atoms with Gasteiger partial charge in [-0.15, -0.1) is 0 Å². The molecule has 3 rings (SSSR count). The van der Waals surface area contributed by atoms with E-state index >= 15 is 0 Å². The molecule has 1 heterocycles. The number of nitrogens with zero attached hydrogens (tertiary/aromatic N) is 3. The predicted octanol–water partition coefficient (Wildman–Crippen LogP) is 2.96. The highest BCUT2D eigenvalue weighted by Crippen LogP contribution is 2.33. The Morgan fingerprint density at radius 2 is 2.08 bits per heavy atom. The van der Waals surface area contributed by atoms with Crippen molar-refractivity contribution >= 4 is 11.4 Å². The van der Waals surface area contributed by atoms with Gasteiger partial charge in [-0.3, -0.25) is 15.1 Å². The van der Waals surface area contributed by atoms with Crippen LogP contribution in [0, 0.1) is 16.0 Å². The van der Waals surface area contributed by atoms with E-state index in [2.05, 4.69) is 30.4 Å². The van der Waals surface area contributed by atoms with Crippen LogP contribution in [-0.2, 0) is 0 Å². The number of fused-ring (bicyclic) bond motifs is 2. The average Bonchev–Trinajstić information content (AvgIpc) is 2.59. The maximum absolute atomic E-state index is 11.1. The summed E-state index contributed by atoms with van der Waals surface area (Å²) >= 11 is 0. The standard InChI is InChI=1S/C19H24N4O2/c1-22(2)12-6-5-11-20-19-15-7-3-4-8-17(15)21-18-13-14(23(24)25)9-10-16(18)19/h3-4,7-10,13,16,18,21H,5-6,11-12H2,1-2H3. The first-order valence-corrected chi connectivity index (χ1v) is 8.65. The van der Waals surface area contributed by atoms with Gasteiger partial charge in [-0.05, 0) is 39.5 Å². The minimum Gasteiger partial charge on any atom is -0.377 e. The van der Waals surface area contributed by atoms with Gasteiger partial charge in [0, 0.05) is 35.9 Å². The number of rotatable bonds is 6. The molecule has 2 atom stereocenters. The summed E-state index contributed by atoms with van der Waals surface area (Å²) in [6, 6.07) is 7.93. The monoisotopic (exact) mass is 340 g/mol. The minimum atomic E-state index is -0.340. The molecule has 0 amide bonds. The van der Waals surface area contributed by atoms with E-state index in [4.69, 9.17) is 4.99 Å². The molecular formula is C19H24N4O2. The van der Waals surface area contributed by atoms with Crippen molar-refractivity contribution in [2.24, 2.45) is 10.9 Å². The van der Waals surface area contributed by atoms with Crippen LogP contribution < -0.4 is 5.32 Å². The van der Waals surface area contributed by atoms with Crippen molar-refractivity contribution in [3.8, 4) is 0 Å². The van der Waals surface area contributed by atoms with Crippen molar-refractivity contribution in [2.45, 2.75) is 18.9 Å². The summed E-state index contributed by atoms with van der Waals surface area (Å²) in [6.45, 7) is 1.84. The number of benzene rings is 1. The second kappa shape index (κ2) is 7.61. The largest absolute Gasteiger partial charge is 0.377 e. The third kappa shape index (κ3) is 3.96. The first-order chi connectivity index (χ1) is 12.1. The molecule has 1 N–H and O–H groups in total. The second-order valence-corrected chi connectivity index (χ2v) is 6.73. The quantitative estimate of drug-likeness (QED) is 0.491. The van der Waals surface area contributed by atoms with Crippen LogP contribution in [0.25, 0.3) is 0 Å². The molecule has 2 aliphatic rings. The van der Waals surface area contributed by atoms with E-state index in [1.54, 1.807) is 12.2 Å². The molecule has 0 saturated carbocycles. The molecule has 0 spiro atoms. The fourth-order valence-electron chi connectivity index (χ4n) is 3.30. The van der Waals surface area contributed by atoms with Crippen molar-refractivity contribution in [1.29, 1.82) is 0 Å². The SMILES string of the molecule is CN(C)CCCCN=C1c2ccccc2NC2C=C([N+](=O)[O-])C=CC12. The fourth-order valence-corrected chi connectivity index (χ4v) is 3.30. The fraction of sp³-hybridized carbons (Fsp3) is 0.421.